The molecule has 1 unspecified atom stereocenters. The third-order valence-corrected chi connectivity index (χ3v) is 3.56. The number of hydrogen-bond donors (Lipinski definition) is 1. The van der Waals surface area contributed by atoms with Crippen molar-refractivity contribution in [2.45, 2.75) is 25.8 Å². The number of azide groups is 1. The number of halogens is 1. The van der Waals surface area contributed by atoms with Crippen molar-refractivity contribution in [2.24, 2.45) is 5.11 Å². The highest BCUT2D eigenvalue weighted by Gasteiger charge is 2.36. The molecule has 0 saturated carbocycles. The number of nitrogens with zero attached hydrogens (tertiary/aromatic N) is 3. The highest BCUT2D eigenvalue weighted by Crippen LogP contribution is 2.25. The normalized spacial score (nSPS) is 13.1. The van der Waals surface area contributed by atoms with Gasteiger partial charge in [-0.1, -0.05) is 33.2 Å². The van der Waals surface area contributed by atoms with Gasteiger partial charge in [-0.25, -0.2) is 4.79 Å². The van der Waals surface area contributed by atoms with Crippen LogP contribution < -0.4 is 5.32 Å². The third kappa shape index (κ3) is 5.04. The fourth-order valence-electron chi connectivity index (χ4n) is 1.90. The highest BCUT2D eigenvalue weighted by molar-refractivity contribution is 9.10. The Labute approximate surface area is 132 Å². The van der Waals surface area contributed by atoms with Gasteiger partial charge in [0.05, 0.1) is 6.61 Å². The van der Waals surface area contributed by atoms with Crippen molar-refractivity contribution in [3.63, 3.8) is 0 Å². The van der Waals surface area contributed by atoms with E-state index in [1.54, 1.807) is 13.8 Å². The lowest BCUT2D eigenvalue weighted by molar-refractivity contribution is -0.151. The summed E-state index contributed by atoms with van der Waals surface area (Å²) < 4.78 is 6.08. The number of rotatable bonds is 8. The van der Waals surface area contributed by atoms with Gasteiger partial charge in [0.1, 0.15) is 5.54 Å². The van der Waals surface area contributed by atoms with Crippen molar-refractivity contribution in [2.75, 3.05) is 19.7 Å². The summed E-state index contributed by atoms with van der Waals surface area (Å²) in [6, 6.07) is 7.54. The van der Waals surface area contributed by atoms with E-state index < -0.39 is 5.54 Å². The van der Waals surface area contributed by atoms with Crippen LogP contribution in [0.3, 0.4) is 0 Å². The first kappa shape index (κ1) is 17.5. The van der Waals surface area contributed by atoms with Crippen LogP contribution in [0.25, 0.3) is 10.4 Å². The van der Waals surface area contributed by atoms with Crippen LogP contribution >= 0.6 is 15.9 Å². The predicted octanol–water partition coefficient (Wildman–Crippen LogP) is 3.52. The SMILES string of the molecule is CCOC(=O)C(C)(NCCCN=[N+]=[N-])c1cccc(Br)c1. The van der Waals surface area contributed by atoms with Gasteiger partial charge in [-0.3, -0.25) is 5.32 Å². The molecule has 0 aliphatic carbocycles. The maximum Gasteiger partial charge on any atom is 0.330 e. The Morgan fingerprint density at radius 3 is 2.95 bits per heavy atom. The molecule has 1 atom stereocenters. The lowest BCUT2D eigenvalue weighted by Crippen LogP contribution is -2.48. The molecular formula is C14H19BrN4O2. The number of benzene rings is 1. The molecule has 114 valence electrons. The van der Waals surface area contributed by atoms with Gasteiger partial charge < -0.3 is 4.74 Å². The Kier molecular flexibility index (Phi) is 7.22. The van der Waals surface area contributed by atoms with Crippen LogP contribution in [0.2, 0.25) is 0 Å². The monoisotopic (exact) mass is 354 g/mol. The van der Waals surface area contributed by atoms with E-state index in [4.69, 9.17) is 10.3 Å². The second kappa shape index (κ2) is 8.67. The quantitative estimate of drug-likeness (QED) is 0.254. The zero-order chi connectivity index (χ0) is 15.7. The first-order valence-electron chi connectivity index (χ1n) is 6.73. The lowest BCUT2D eigenvalue weighted by atomic mass is 9.92. The fraction of sp³-hybridized carbons (Fsp3) is 0.500. The van der Waals surface area contributed by atoms with Gasteiger partial charge in [-0.05, 0) is 50.0 Å². The maximum atomic E-state index is 12.3. The molecule has 0 aliphatic heterocycles. The first-order chi connectivity index (χ1) is 10.0. The van der Waals surface area contributed by atoms with E-state index in [-0.39, 0.29) is 5.97 Å². The van der Waals surface area contributed by atoms with Gasteiger partial charge in [0.15, 0.2) is 0 Å². The molecule has 1 aromatic carbocycles. The van der Waals surface area contributed by atoms with Gasteiger partial charge in [0.25, 0.3) is 0 Å². The summed E-state index contributed by atoms with van der Waals surface area (Å²) in [7, 11) is 0. The van der Waals surface area contributed by atoms with Gasteiger partial charge in [0, 0.05) is 15.9 Å². The molecule has 0 aromatic heterocycles. The predicted molar refractivity (Wildman–Crippen MR) is 84.8 cm³/mol. The topological polar surface area (TPSA) is 87.1 Å². The van der Waals surface area contributed by atoms with E-state index in [2.05, 4.69) is 31.3 Å². The summed E-state index contributed by atoms with van der Waals surface area (Å²) in [5.74, 6) is -0.327. The molecule has 0 spiro atoms. The summed E-state index contributed by atoms with van der Waals surface area (Å²) in [6.07, 6.45) is 0.646. The zero-order valence-electron chi connectivity index (χ0n) is 12.2. The molecule has 0 radical (unpaired) electrons. The second-order valence-electron chi connectivity index (χ2n) is 4.59. The van der Waals surface area contributed by atoms with Crippen molar-refractivity contribution in [3.8, 4) is 0 Å². The van der Waals surface area contributed by atoms with Gasteiger partial charge in [-0.2, -0.15) is 0 Å². The van der Waals surface area contributed by atoms with Crippen LogP contribution in [0.1, 0.15) is 25.8 Å². The van der Waals surface area contributed by atoms with E-state index in [1.165, 1.54) is 0 Å². The summed E-state index contributed by atoms with van der Waals surface area (Å²) in [4.78, 5) is 15.0. The van der Waals surface area contributed by atoms with E-state index >= 15 is 0 Å². The first-order valence-corrected chi connectivity index (χ1v) is 7.53. The lowest BCUT2D eigenvalue weighted by Gasteiger charge is -2.29. The van der Waals surface area contributed by atoms with E-state index in [9.17, 15) is 4.79 Å². The van der Waals surface area contributed by atoms with E-state index in [1.807, 2.05) is 24.3 Å². The zero-order valence-corrected chi connectivity index (χ0v) is 13.8. The maximum absolute atomic E-state index is 12.3. The van der Waals surface area contributed by atoms with Crippen LogP contribution in [0, 0.1) is 0 Å². The van der Waals surface area contributed by atoms with Crippen molar-refractivity contribution < 1.29 is 9.53 Å². The van der Waals surface area contributed by atoms with Crippen LogP contribution in [-0.4, -0.2) is 25.7 Å². The Morgan fingerprint density at radius 1 is 1.57 bits per heavy atom. The molecule has 0 aliphatic rings. The molecule has 1 rings (SSSR count). The third-order valence-electron chi connectivity index (χ3n) is 3.06. The fourth-order valence-corrected chi connectivity index (χ4v) is 2.30. The molecular weight excluding hydrogens is 336 g/mol. The number of carbonyl (C=O) groups is 1. The van der Waals surface area contributed by atoms with Gasteiger partial charge in [-0.15, -0.1) is 0 Å². The number of hydrogen-bond acceptors (Lipinski definition) is 4. The van der Waals surface area contributed by atoms with Crippen molar-refractivity contribution >= 4 is 21.9 Å². The standard InChI is InChI=1S/C14H19BrN4O2/c1-3-21-13(20)14(2,17-8-5-9-18-19-16)11-6-4-7-12(15)10-11/h4,6-7,10,17H,3,5,8-9H2,1-2H3. The summed E-state index contributed by atoms with van der Waals surface area (Å²) in [5, 5.41) is 6.68. The Bertz CT molecular complexity index is 531. The van der Waals surface area contributed by atoms with Crippen LogP contribution in [0.15, 0.2) is 33.9 Å². The van der Waals surface area contributed by atoms with Crippen LogP contribution in [0.5, 0.6) is 0 Å². The van der Waals surface area contributed by atoms with Crippen LogP contribution in [-0.2, 0) is 15.1 Å². The molecule has 21 heavy (non-hydrogen) atoms. The number of nitrogens with one attached hydrogen (secondary N) is 1. The Hall–Kier alpha value is -1.56. The number of carbonyl (C=O) groups excluding carboxylic acids is 1. The molecule has 0 heterocycles. The van der Waals surface area contributed by atoms with Crippen LogP contribution in [0.4, 0.5) is 0 Å². The smallest absolute Gasteiger partial charge is 0.330 e. The average molecular weight is 355 g/mol. The van der Waals surface area contributed by atoms with Gasteiger partial charge in [0.2, 0.25) is 0 Å². The Morgan fingerprint density at radius 2 is 2.33 bits per heavy atom. The number of esters is 1. The van der Waals surface area contributed by atoms with Crippen molar-refractivity contribution in [1.82, 2.24) is 5.32 Å². The van der Waals surface area contributed by atoms with Gasteiger partial charge >= 0.3 is 5.97 Å². The molecule has 6 nitrogen and oxygen atoms in total. The minimum atomic E-state index is -0.934. The summed E-state index contributed by atoms with van der Waals surface area (Å²) >= 11 is 3.41. The highest BCUT2D eigenvalue weighted by atomic mass is 79.9. The van der Waals surface area contributed by atoms with Crippen molar-refractivity contribution in [3.05, 3.63) is 44.7 Å². The van der Waals surface area contributed by atoms with Crippen molar-refractivity contribution in [1.29, 1.82) is 0 Å². The molecule has 1 N–H and O–H groups in total. The Balaban J connectivity index is 2.89. The second-order valence-corrected chi connectivity index (χ2v) is 5.51. The van der Waals surface area contributed by atoms with E-state index in [0.717, 1.165) is 10.0 Å². The average Bonchev–Trinajstić information content (AvgIpc) is 2.47. The molecule has 0 saturated heterocycles. The molecule has 0 fully saturated rings. The number of ether oxygens (including phenoxy) is 1. The summed E-state index contributed by atoms with van der Waals surface area (Å²) in [5.41, 5.74) is 8.14. The minimum Gasteiger partial charge on any atom is -0.464 e. The largest absolute Gasteiger partial charge is 0.464 e. The minimum absolute atomic E-state index is 0.322. The molecule has 7 heteroatoms. The molecule has 0 amide bonds. The molecule has 1 aromatic rings. The van der Waals surface area contributed by atoms with E-state index in [0.29, 0.717) is 26.1 Å². The molecule has 0 bridgehead atoms. The summed E-state index contributed by atoms with van der Waals surface area (Å²) in [6.45, 7) is 4.83.